The van der Waals surface area contributed by atoms with Gasteiger partial charge in [-0.25, -0.2) is 0 Å². The predicted molar refractivity (Wildman–Crippen MR) is 371 cm³/mol. The summed E-state index contributed by atoms with van der Waals surface area (Å²) in [6.45, 7) is 6.86. The van der Waals surface area contributed by atoms with Crippen molar-refractivity contribution in [3.63, 3.8) is 0 Å². The average Bonchev–Trinajstić information content (AvgIpc) is 0.817. The zero-order valence-electron chi connectivity index (χ0n) is 53.5. The minimum absolute atomic E-state index is 0.000154. The van der Waals surface area contributed by atoms with E-state index in [0.29, 0.717) is 73.9 Å². The molecule has 20 heteroatoms. The Morgan fingerprint density at radius 3 is 0.939 bits per heavy atom. The summed E-state index contributed by atoms with van der Waals surface area (Å²) in [4.78, 5) is 96.8. The van der Waals surface area contributed by atoms with Crippen molar-refractivity contribution in [3.8, 4) is 46.0 Å². The van der Waals surface area contributed by atoms with Crippen LogP contribution in [0, 0.1) is 0 Å². The fraction of sp³-hybridized carbons (Fsp3) is 0.205. The van der Waals surface area contributed by atoms with Crippen LogP contribution in [0.1, 0.15) is 68.1 Å². The average molecular weight is 1310 g/mol. The highest BCUT2D eigenvalue weighted by Crippen LogP contribution is 2.58. The van der Waals surface area contributed by atoms with Crippen LogP contribution in [0.2, 0.25) is 0 Å². The molecule has 6 amide bonds. The van der Waals surface area contributed by atoms with Crippen molar-refractivity contribution in [1.82, 2.24) is 9.80 Å². The quantitative estimate of drug-likeness (QED) is 0.0117. The summed E-state index contributed by atoms with van der Waals surface area (Å²) in [7, 11) is 0. The number of rotatable bonds is 28. The highest BCUT2D eigenvalue weighted by Gasteiger charge is 2.46. The van der Waals surface area contributed by atoms with Crippen LogP contribution < -0.4 is 40.2 Å². The molecule has 2 fully saturated rings. The molecule has 20 nitrogen and oxygen atoms in total. The summed E-state index contributed by atoms with van der Waals surface area (Å²) in [6, 6.07) is 53.3. The molecule has 4 heterocycles. The third kappa shape index (κ3) is 12.4. The molecule has 2 saturated heterocycles. The molecule has 15 rings (SSSR count). The number of epoxide rings is 2. The number of anilines is 4. The van der Waals surface area contributed by atoms with Crippen LogP contribution in [-0.2, 0) is 28.5 Å². The molecule has 11 aromatic carbocycles. The Balaban J connectivity index is 0.983. The van der Waals surface area contributed by atoms with Crippen molar-refractivity contribution in [2.24, 2.45) is 0 Å². The molecule has 4 aliphatic rings. The molecule has 98 heavy (non-hydrogen) atoms. The van der Waals surface area contributed by atoms with Gasteiger partial charge >= 0.3 is 0 Å². The first-order valence-corrected chi connectivity index (χ1v) is 32.7. The smallest absolute Gasteiger partial charge is 0.262 e. The van der Waals surface area contributed by atoms with Gasteiger partial charge in [0.25, 0.3) is 23.6 Å². The van der Waals surface area contributed by atoms with E-state index in [1.165, 1.54) is 0 Å². The number of nitrogens with zero attached hydrogens (tertiary/aromatic N) is 2. The second-order valence-electron chi connectivity index (χ2n) is 24.1. The minimum atomic E-state index is -1.42. The van der Waals surface area contributed by atoms with E-state index in [9.17, 15) is 0 Å². The standard InChI is InChI=1S/C78H66N6O14/c1-3-91-35-33-59(73(85)81-47-29-25-45(26-30-47)79-41-53-43-93-53)83-75(87)55-37-61(95-49-17-9-5-10-18-49)67-69-63(97-51-21-13-7-14-22-51)39-57-66-58(78(90)84(77(57)89)60(34-36-92-4-2)74(86)82-48-31-27-46(28-32-48)80-42-54-44-94-54)40-64(98-52-23-15-8-16-24-52)70(72(66)69)68-62(96-50-19-11-6-12-20-50)38-56(76(83)88)65(55)71(67)68/h5-32,37-40,53-54,59-60,79-80H,3-4,33-36,41-44H2,1-2H3,(H,81,85)(H,82,86). The first kappa shape index (κ1) is 62.7. The van der Waals surface area contributed by atoms with Crippen molar-refractivity contribution >= 4 is 101 Å². The van der Waals surface area contributed by atoms with Crippen LogP contribution in [0.25, 0.3) is 43.1 Å². The molecular formula is C78H66N6O14. The van der Waals surface area contributed by atoms with Gasteiger partial charge in [0.05, 0.1) is 47.7 Å². The maximum absolute atomic E-state index is 16.2. The maximum Gasteiger partial charge on any atom is 0.262 e. The normalized spacial score (nSPS) is 15.9. The van der Waals surface area contributed by atoms with Gasteiger partial charge < -0.3 is 59.2 Å². The lowest BCUT2D eigenvalue weighted by molar-refractivity contribution is -0.121. The topological polar surface area (TPSA) is 237 Å². The number of imide groups is 2. The molecule has 492 valence electrons. The molecule has 0 saturated carbocycles. The number of benzene rings is 11. The Morgan fingerprint density at radius 2 is 0.673 bits per heavy atom. The summed E-state index contributed by atoms with van der Waals surface area (Å²) in [5.74, 6) is -2.78. The van der Waals surface area contributed by atoms with E-state index in [1.54, 1.807) is 146 Å². The second-order valence-corrected chi connectivity index (χ2v) is 24.1. The lowest BCUT2D eigenvalue weighted by atomic mass is 9.80. The molecule has 0 aliphatic carbocycles. The van der Waals surface area contributed by atoms with Crippen molar-refractivity contribution in [2.45, 2.75) is 51.0 Å². The predicted octanol–water partition coefficient (Wildman–Crippen LogP) is 14.6. The summed E-state index contributed by atoms with van der Waals surface area (Å²) in [5, 5.41) is 14.7. The number of amides is 6. The molecule has 4 aliphatic heterocycles. The van der Waals surface area contributed by atoms with E-state index in [0.717, 1.165) is 21.2 Å². The molecule has 0 aromatic heterocycles. The van der Waals surface area contributed by atoms with Crippen LogP contribution in [0.15, 0.2) is 194 Å². The molecule has 4 unspecified atom stereocenters. The second kappa shape index (κ2) is 27.0. The number of carbonyl (C=O) groups excluding carboxylic acids is 6. The number of para-hydroxylation sites is 4. The summed E-state index contributed by atoms with van der Waals surface area (Å²) in [6.07, 6.45) is 0.115. The molecular weight excluding hydrogens is 1240 g/mol. The lowest BCUT2D eigenvalue weighted by Gasteiger charge is -2.36. The van der Waals surface area contributed by atoms with Crippen molar-refractivity contribution in [2.75, 3.05) is 74.0 Å². The Bertz CT molecular complexity index is 4360. The summed E-state index contributed by atoms with van der Waals surface area (Å²) >= 11 is 0. The van der Waals surface area contributed by atoms with Gasteiger partial charge in [0.2, 0.25) is 11.8 Å². The van der Waals surface area contributed by atoms with E-state index in [1.807, 2.05) is 62.4 Å². The largest absolute Gasteiger partial charge is 0.457 e. The van der Waals surface area contributed by atoms with E-state index in [4.69, 9.17) is 37.9 Å². The molecule has 4 atom stereocenters. The van der Waals surface area contributed by atoms with E-state index >= 15 is 28.8 Å². The van der Waals surface area contributed by atoms with Gasteiger partial charge in [0, 0.05) is 118 Å². The van der Waals surface area contributed by atoms with Gasteiger partial charge in [-0.2, -0.15) is 0 Å². The van der Waals surface area contributed by atoms with Gasteiger partial charge in [-0.05, 0) is 135 Å². The Kier molecular flexibility index (Phi) is 17.3. The Labute approximate surface area is 562 Å². The van der Waals surface area contributed by atoms with Crippen LogP contribution >= 0.6 is 0 Å². The van der Waals surface area contributed by atoms with Crippen LogP contribution in [0.5, 0.6) is 46.0 Å². The summed E-state index contributed by atoms with van der Waals surface area (Å²) < 4.78 is 50.9. The fourth-order valence-corrected chi connectivity index (χ4v) is 13.0. The number of carbonyl (C=O) groups is 6. The van der Waals surface area contributed by atoms with Gasteiger partial charge in [-0.15, -0.1) is 0 Å². The molecule has 4 N–H and O–H groups in total. The maximum atomic E-state index is 16.2. The molecule has 0 radical (unpaired) electrons. The Hall–Kier alpha value is -11.4. The zero-order valence-corrected chi connectivity index (χ0v) is 53.5. The van der Waals surface area contributed by atoms with Crippen LogP contribution in [0.3, 0.4) is 0 Å². The Morgan fingerprint density at radius 1 is 0.398 bits per heavy atom. The highest BCUT2D eigenvalue weighted by molar-refractivity contribution is 6.45. The van der Waals surface area contributed by atoms with Crippen LogP contribution in [0.4, 0.5) is 22.7 Å². The third-order valence-corrected chi connectivity index (χ3v) is 17.7. The van der Waals surface area contributed by atoms with Gasteiger partial charge in [0.1, 0.15) is 58.1 Å². The number of nitrogens with one attached hydrogen (secondary N) is 4. The van der Waals surface area contributed by atoms with Crippen molar-refractivity contribution in [3.05, 3.63) is 216 Å². The summed E-state index contributed by atoms with van der Waals surface area (Å²) in [5.41, 5.74) is 2.47. The molecule has 0 bridgehead atoms. The minimum Gasteiger partial charge on any atom is -0.457 e. The number of hydrogen-bond acceptors (Lipinski definition) is 16. The van der Waals surface area contributed by atoms with Gasteiger partial charge in [-0.1, -0.05) is 72.8 Å². The zero-order chi connectivity index (χ0) is 67.0. The van der Waals surface area contributed by atoms with Crippen LogP contribution in [-0.4, -0.2) is 122 Å². The van der Waals surface area contributed by atoms with E-state index in [2.05, 4.69) is 21.3 Å². The van der Waals surface area contributed by atoms with Crippen molar-refractivity contribution in [1.29, 1.82) is 0 Å². The SMILES string of the molecule is CCOCCC(C(=O)Nc1ccc(NCC2CO2)cc1)N1C(=O)c2cc(Oc3ccccc3)c3c4c(Oc5ccccc5)cc5c6c(cc(Oc7ccccc7)c(c7c(Oc8ccccc8)cc(c2c37)C1=O)c64)C(=O)N(C(CCOCC)C(=O)Nc1ccc(NCC2CO2)cc1)C5=O. The number of hydrogen-bond donors (Lipinski definition) is 4. The number of ether oxygens (including phenoxy) is 8. The highest BCUT2D eigenvalue weighted by atomic mass is 16.6. The first-order chi connectivity index (χ1) is 48.0. The van der Waals surface area contributed by atoms with Gasteiger partial charge in [-0.3, -0.25) is 38.6 Å². The monoisotopic (exact) mass is 1310 g/mol. The number of fused-ring (bicyclic) bond motifs is 2. The lowest BCUT2D eigenvalue weighted by Crippen LogP contribution is -2.52. The third-order valence-electron chi connectivity index (χ3n) is 17.7. The molecule has 0 spiro atoms. The fourth-order valence-electron chi connectivity index (χ4n) is 13.0. The van der Waals surface area contributed by atoms with E-state index < -0.39 is 47.5 Å². The van der Waals surface area contributed by atoms with Crippen molar-refractivity contribution < 1.29 is 66.7 Å². The van der Waals surface area contributed by atoms with E-state index in [-0.39, 0.29) is 127 Å². The molecule has 11 aromatic rings. The first-order valence-electron chi connectivity index (χ1n) is 32.7. The van der Waals surface area contributed by atoms with Gasteiger partial charge in [0.15, 0.2) is 0 Å².